The van der Waals surface area contributed by atoms with Crippen molar-refractivity contribution in [1.29, 1.82) is 0 Å². The van der Waals surface area contributed by atoms with Gasteiger partial charge < -0.3 is 0 Å². The molecule has 2 nitrogen and oxygen atoms in total. The van der Waals surface area contributed by atoms with Crippen LogP contribution in [0.5, 0.6) is 0 Å². The zero-order valence-electron chi connectivity index (χ0n) is 25.3. The molecule has 1 aliphatic rings. The fourth-order valence-electron chi connectivity index (χ4n) is 7.50. The first-order valence-corrected chi connectivity index (χ1v) is 15.6. The summed E-state index contributed by atoms with van der Waals surface area (Å²) in [6.45, 7) is 4.72. The molecule has 0 aliphatic heterocycles. The molecule has 9 rings (SSSR count). The Labute approximate surface area is 262 Å². The van der Waals surface area contributed by atoms with Gasteiger partial charge in [0.05, 0.1) is 22.4 Å². The van der Waals surface area contributed by atoms with E-state index in [9.17, 15) is 0 Å². The molecule has 2 heteroatoms. The van der Waals surface area contributed by atoms with Gasteiger partial charge in [-0.3, -0.25) is 0 Å². The highest BCUT2D eigenvalue weighted by Gasteiger charge is 2.37. The lowest BCUT2D eigenvalue weighted by Crippen LogP contribution is -2.14. The third-order valence-corrected chi connectivity index (χ3v) is 9.66. The van der Waals surface area contributed by atoms with E-state index < -0.39 is 0 Å². The van der Waals surface area contributed by atoms with Crippen LogP contribution in [0, 0.1) is 0 Å². The zero-order chi connectivity index (χ0) is 30.1. The van der Waals surface area contributed by atoms with Crippen molar-refractivity contribution in [3.63, 3.8) is 0 Å². The first kappa shape index (κ1) is 25.9. The molecular formula is C43H30N2. The standard InChI is InChI=1S/C43H30N2/c1-43(2)35-21-11-10-20-34(35)40-36(43)26-28-16-6-7-17-29(28)39(40)32-24-25-33(31-19-9-8-18-30(31)32)42-41(27-14-4-3-5-15-27)44-37-22-12-13-23-38(37)45-42/h3-26H,1-2H3. The Balaban J connectivity index is 1.38. The molecule has 7 aromatic carbocycles. The van der Waals surface area contributed by atoms with Crippen LogP contribution in [-0.4, -0.2) is 9.97 Å². The Bertz CT molecular complexity index is 2450. The third kappa shape index (κ3) is 3.82. The van der Waals surface area contributed by atoms with Crippen LogP contribution in [0.3, 0.4) is 0 Å². The Morgan fingerprint density at radius 3 is 1.78 bits per heavy atom. The number of rotatable bonds is 3. The van der Waals surface area contributed by atoms with Crippen molar-refractivity contribution in [2.24, 2.45) is 0 Å². The molecule has 0 fully saturated rings. The smallest absolute Gasteiger partial charge is 0.0979 e. The predicted molar refractivity (Wildman–Crippen MR) is 188 cm³/mol. The second-order valence-corrected chi connectivity index (χ2v) is 12.5. The molecule has 0 unspecified atom stereocenters. The summed E-state index contributed by atoms with van der Waals surface area (Å²) < 4.78 is 0. The van der Waals surface area contributed by atoms with E-state index in [2.05, 4.69) is 135 Å². The first-order chi connectivity index (χ1) is 22.1. The largest absolute Gasteiger partial charge is 0.244 e. The second-order valence-electron chi connectivity index (χ2n) is 12.5. The summed E-state index contributed by atoms with van der Waals surface area (Å²) in [5.41, 5.74) is 13.6. The van der Waals surface area contributed by atoms with Crippen LogP contribution in [0.4, 0.5) is 0 Å². The lowest BCUT2D eigenvalue weighted by Gasteiger charge is -2.23. The Kier molecular flexibility index (Phi) is 5.58. The number of para-hydroxylation sites is 2. The molecule has 45 heavy (non-hydrogen) atoms. The number of nitrogens with zero attached hydrogens (tertiary/aromatic N) is 2. The fourth-order valence-corrected chi connectivity index (χ4v) is 7.50. The van der Waals surface area contributed by atoms with E-state index in [4.69, 9.17) is 9.97 Å². The van der Waals surface area contributed by atoms with E-state index in [-0.39, 0.29) is 5.41 Å². The van der Waals surface area contributed by atoms with E-state index in [0.29, 0.717) is 0 Å². The van der Waals surface area contributed by atoms with E-state index in [1.54, 1.807) is 0 Å². The van der Waals surface area contributed by atoms with E-state index >= 15 is 0 Å². The van der Waals surface area contributed by atoms with Crippen molar-refractivity contribution >= 4 is 32.6 Å². The topological polar surface area (TPSA) is 25.8 Å². The average molecular weight is 575 g/mol. The molecule has 0 radical (unpaired) electrons. The molecule has 0 amide bonds. The van der Waals surface area contributed by atoms with Crippen LogP contribution < -0.4 is 0 Å². The quantitative estimate of drug-likeness (QED) is 0.210. The van der Waals surface area contributed by atoms with Gasteiger partial charge in [0.1, 0.15) is 0 Å². The molecule has 1 aromatic heterocycles. The average Bonchev–Trinajstić information content (AvgIpc) is 3.32. The minimum absolute atomic E-state index is 0.0915. The molecule has 0 atom stereocenters. The maximum atomic E-state index is 5.27. The van der Waals surface area contributed by atoms with Crippen molar-refractivity contribution in [3.8, 4) is 44.8 Å². The van der Waals surface area contributed by atoms with Crippen LogP contribution in [0.25, 0.3) is 77.3 Å². The SMILES string of the molecule is CC1(C)c2ccccc2-c2c1cc1ccccc1c2-c1ccc(-c2nc3ccccc3nc2-c2ccccc2)c2ccccc12. The molecule has 212 valence electrons. The number of hydrogen-bond acceptors (Lipinski definition) is 2. The van der Waals surface area contributed by atoms with Gasteiger partial charge in [-0.1, -0.05) is 141 Å². The summed E-state index contributed by atoms with van der Waals surface area (Å²) in [4.78, 5) is 10.4. The van der Waals surface area contributed by atoms with Crippen molar-refractivity contribution in [2.75, 3.05) is 0 Å². The summed E-state index contributed by atoms with van der Waals surface area (Å²) in [5.74, 6) is 0. The van der Waals surface area contributed by atoms with Crippen LogP contribution in [0.15, 0.2) is 146 Å². The van der Waals surface area contributed by atoms with Gasteiger partial charge in [0.25, 0.3) is 0 Å². The summed E-state index contributed by atoms with van der Waals surface area (Å²) in [6.07, 6.45) is 0. The molecule has 0 N–H and O–H groups in total. The van der Waals surface area contributed by atoms with Crippen molar-refractivity contribution in [1.82, 2.24) is 9.97 Å². The van der Waals surface area contributed by atoms with E-state index in [1.807, 2.05) is 24.3 Å². The maximum Gasteiger partial charge on any atom is 0.0979 e. The summed E-state index contributed by atoms with van der Waals surface area (Å²) >= 11 is 0. The van der Waals surface area contributed by atoms with Crippen molar-refractivity contribution in [2.45, 2.75) is 19.3 Å². The Hall–Kier alpha value is -5.60. The number of fused-ring (bicyclic) bond motifs is 6. The minimum atomic E-state index is -0.0915. The summed E-state index contributed by atoms with van der Waals surface area (Å²) in [5, 5.41) is 4.93. The molecular weight excluding hydrogens is 544 g/mol. The highest BCUT2D eigenvalue weighted by Crippen LogP contribution is 2.55. The number of hydrogen-bond donors (Lipinski definition) is 0. The minimum Gasteiger partial charge on any atom is -0.244 e. The molecule has 0 saturated carbocycles. The fraction of sp³-hybridized carbons (Fsp3) is 0.0698. The third-order valence-electron chi connectivity index (χ3n) is 9.66. The molecule has 0 saturated heterocycles. The zero-order valence-corrected chi connectivity index (χ0v) is 25.3. The van der Waals surface area contributed by atoms with Crippen molar-refractivity contribution < 1.29 is 0 Å². The Morgan fingerprint density at radius 1 is 0.422 bits per heavy atom. The van der Waals surface area contributed by atoms with Crippen LogP contribution in [0.2, 0.25) is 0 Å². The second kappa shape index (κ2) is 9.70. The van der Waals surface area contributed by atoms with Gasteiger partial charge in [0.2, 0.25) is 0 Å². The number of benzene rings is 7. The van der Waals surface area contributed by atoms with Gasteiger partial charge in [0, 0.05) is 16.5 Å². The lowest BCUT2D eigenvalue weighted by atomic mass is 9.80. The highest BCUT2D eigenvalue weighted by atomic mass is 14.8. The van der Waals surface area contributed by atoms with E-state index in [0.717, 1.165) is 33.5 Å². The van der Waals surface area contributed by atoms with Crippen LogP contribution >= 0.6 is 0 Å². The molecule has 0 bridgehead atoms. The lowest BCUT2D eigenvalue weighted by molar-refractivity contribution is 0.661. The van der Waals surface area contributed by atoms with Crippen LogP contribution in [-0.2, 0) is 5.41 Å². The van der Waals surface area contributed by atoms with Crippen LogP contribution in [0.1, 0.15) is 25.0 Å². The van der Waals surface area contributed by atoms with Gasteiger partial charge in [0.15, 0.2) is 0 Å². The van der Waals surface area contributed by atoms with Gasteiger partial charge >= 0.3 is 0 Å². The Morgan fingerprint density at radius 2 is 1.00 bits per heavy atom. The van der Waals surface area contributed by atoms with Gasteiger partial charge in [-0.05, 0) is 73.1 Å². The predicted octanol–water partition coefficient (Wildman–Crippen LogP) is 11.2. The normalized spacial score (nSPS) is 13.3. The summed E-state index contributed by atoms with van der Waals surface area (Å²) in [7, 11) is 0. The molecule has 8 aromatic rings. The molecule has 1 aliphatic carbocycles. The summed E-state index contributed by atoms with van der Waals surface area (Å²) in [6, 6.07) is 52.2. The maximum absolute atomic E-state index is 5.27. The van der Waals surface area contributed by atoms with Gasteiger partial charge in [-0.15, -0.1) is 0 Å². The molecule has 1 heterocycles. The number of aromatic nitrogens is 2. The first-order valence-electron chi connectivity index (χ1n) is 15.6. The van der Waals surface area contributed by atoms with Gasteiger partial charge in [-0.2, -0.15) is 0 Å². The monoisotopic (exact) mass is 574 g/mol. The molecule has 0 spiro atoms. The van der Waals surface area contributed by atoms with Crippen molar-refractivity contribution in [3.05, 3.63) is 157 Å². The van der Waals surface area contributed by atoms with E-state index in [1.165, 1.54) is 54.9 Å². The highest BCUT2D eigenvalue weighted by molar-refractivity contribution is 6.15. The van der Waals surface area contributed by atoms with Gasteiger partial charge in [-0.25, -0.2) is 9.97 Å².